The molecule has 0 aliphatic carbocycles. The van der Waals surface area contributed by atoms with Gasteiger partial charge in [0.25, 0.3) is 0 Å². The predicted octanol–water partition coefficient (Wildman–Crippen LogP) is 12.1. The lowest BCUT2D eigenvalue weighted by Crippen LogP contribution is -2.49. The van der Waals surface area contributed by atoms with Crippen LogP contribution in [0.1, 0.15) is 0 Å². The van der Waals surface area contributed by atoms with Crippen molar-refractivity contribution in [1.29, 1.82) is 0 Å². The summed E-state index contributed by atoms with van der Waals surface area (Å²) in [7, 11) is -3.59. The van der Waals surface area contributed by atoms with Gasteiger partial charge in [-0.05, 0) is 101 Å². The quantitative estimate of drug-likeness (QED) is 0.157. The smallest absolute Gasteiger partial charge is 0.160 e. The zero-order valence-corrected chi connectivity index (χ0v) is 36.4. The summed E-state index contributed by atoms with van der Waals surface area (Å²) in [6.07, 6.45) is 0. The van der Waals surface area contributed by atoms with Crippen molar-refractivity contribution in [2.45, 2.75) is 26.2 Å². The van der Waals surface area contributed by atoms with Crippen molar-refractivity contribution in [1.82, 2.24) is 9.97 Å². The van der Waals surface area contributed by atoms with Crippen LogP contribution in [0.2, 0.25) is 26.2 Å². The Hall–Kier alpha value is -6.73. The summed E-state index contributed by atoms with van der Waals surface area (Å²) >= 11 is 0. The number of hydrogen-bond acceptors (Lipinski definition) is 2. The van der Waals surface area contributed by atoms with Gasteiger partial charge in [0, 0.05) is 16.7 Å². The Morgan fingerprint density at radius 1 is 0.267 bits per heavy atom. The summed E-state index contributed by atoms with van der Waals surface area (Å²) in [5.41, 5.74) is 17.6. The first kappa shape index (κ1) is 36.4. The highest BCUT2D eigenvalue weighted by atomic mass is 28.3. The van der Waals surface area contributed by atoms with Crippen LogP contribution in [0.15, 0.2) is 194 Å². The molecule has 0 bridgehead atoms. The van der Waals surface area contributed by atoms with Crippen LogP contribution in [0.3, 0.4) is 0 Å². The maximum atomic E-state index is 5.42. The van der Waals surface area contributed by atoms with Gasteiger partial charge in [-0.15, -0.1) is 0 Å². The van der Waals surface area contributed by atoms with E-state index < -0.39 is 16.1 Å². The molecule has 0 saturated carbocycles. The summed E-state index contributed by atoms with van der Waals surface area (Å²) < 4.78 is 0. The van der Waals surface area contributed by atoms with E-state index in [4.69, 9.17) is 9.97 Å². The molecule has 0 spiro atoms. The van der Waals surface area contributed by atoms with Crippen LogP contribution >= 0.6 is 0 Å². The first-order chi connectivity index (χ1) is 29.2. The molecule has 3 heterocycles. The summed E-state index contributed by atoms with van der Waals surface area (Å²) in [6, 6.07) is 71.4. The van der Waals surface area contributed by atoms with Crippen LogP contribution in [0.4, 0.5) is 0 Å². The summed E-state index contributed by atoms with van der Waals surface area (Å²) in [6.45, 7) is 9.93. The highest BCUT2D eigenvalue weighted by Gasteiger charge is 2.38. The Morgan fingerprint density at radius 2 is 0.683 bits per heavy atom. The van der Waals surface area contributed by atoms with Gasteiger partial charge < -0.3 is 0 Å². The SMILES string of the molecule is C[Si]1(C)c2ccccc2-c2cc(-c3ccc(-c4ccc5c(c4)-c4ccccc4[Si]5(C)C)c(-c4cc(-c5ccc(-c6ccccc6)cc5)nc(-c5ccccc5)n4)c3)ccc21. The average molecular weight is 801 g/mol. The van der Waals surface area contributed by atoms with Crippen molar-refractivity contribution in [2.24, 2.45) is 0 Å². The van der Waals surface area contributed by atoms with Gasteiger partial charge in [-0.2, -0.15) is 0 Å². The van der Waals surface area contributed by atoms with Crippen LogP contribution in [-0.4, -0.2) is 26.1 Å². The summed E-state index contributed by atoms with van der Waals surface area (Å²) in [4.78, 5) is 10.7. The molecule has 0 N–H and O–H groups in total. The van der Waals surface area contributed by atoms with Crippen LogP contribution in [0.25, 0.3) is 89.5 Å². The van der Waals surface area contributed by atoms with Crippen LogP contribution in [0.5, 0.6) is 0 Å². The third-order valence-corrected chi connectivity index (χ3v) is 20.3. The Morgan fingerprint density at radius 3 is 1.30 bits per heavy atom. The van der Waals surface area contributed by atoms with Gasteiger partial charge in [-0.1, -0.05) is 196 Å². The van der Waals surface area contributed by atoms with E-state index in [1.165, 1.54) is 70.8 Å². The van der Waals surface area contributed by atoms with Crippen molar-refractivity contribution < 1.29 is 0 Å². The van der Waals surface area contributed by atoms with E-state index in [0.717, 1.165) is 33.6 Å². The Labute approximate surface area is 355 Å². The summed E-state index contributed by atoms with van der Waals surface area (Å²) in [5, 5.41) is 6.06. The maximum Gasteiger partial charge on any atom is 0.160 e. The molecule has 9 aromatic rings. The van der Waals surface area contributed by atoms with Crippen molar-refractivity contribution in [3.8, 4) is 89.5 Å². The lowest BCUT2D eigenvalue weighted by Gasteiger charge is -2.20. The Balaban J connectivity index is 1.12. The van der Waals surface area contributed by atoms with Gasteiger partial charge in [-0.3, -0.25) is 0 Å². The van der Waals surface area contributed by atoms with Crippen LogP contribution in [0, 0.1) is 0 Å². The molecule has 2 aliphatic rings. The number of hydrogen-bond donors (Lipinski definition) is 0. The highest BCUT2D eigenvalue weighted by Crippen LogP contribution is 2.41. The number of rotatable bonds is 6. The van der Waals surface area contributed by atoms with Gasteiger partial charge in [0.1, 0.15) is 16.1 Å². The van der Waals surface area contributed by atoms with Gasteiger partial charge in [0.2, 0.25) is 0 Å². The third kappa shape index (κ3) is 5.89. The van der Waals surface area contributed by atoms with Crippen LogP contribution in [-0.2, 0) is 0 Å². The first-order valence-corrected chi connectivity index (χ1v) is 27.0. The van der Waals surface area contributed by atoms with Crippen molar-refractivity contribution in [3.05, 3.63) is 194 Å². The number of aromatic nitrogens is 2. The lowest BCUT2D eigenvalue weighted by molar-refractivity contribution is 1.18. The molecular weight excluding hydrogens is 757 g/mol. The fourth-order valence-electron chi connectivity index (χ4n) is 9.89. The van der Waals surface area contributed by atoms with E-state index in [-0.39, 0.29) is 0 Å². The molecule has 0 saturated heterocycles. The topological polar surface area (TPSA) is 25.8 Å². The molecule has 2 nitrogen and oxygen atoms in total. The van der Waals surface area contributed by atoms with Gasteiger partial charge in [-0.25, -0.2) is 9.97 Å². The monoisotopic (exact) mass is 800 g/mol. The van der Waals surface area contributed by atoms with E-state index in [2.05, 4.69) is 214 Å². The minimum atomic E-state index is -1.81. The average Bonchev–Trinajstić information content (AvgIpc) is 3.68. The van der Waals surface area contributed by atoms with E-state index >= 15 is 0 Å². The summed E-state index contributed by atoms with van der Waals surface area (Å²) in [5.74, 6) is 0.712. The second-order valence-electron chi connectivity index (χ2n) is 17.4. The molecule has 286 valence electrons. The normalized spacial score (nSPS) is 13.9. The molecule has 0 radical (unpaired) electrons. The van der Waals surface area contributed by atoms with E-state index in [9.17, 15) is 0 Å². The minimum absolute atomic E-state index is 0.712. The molecule has 4 heteroatoms. The lowest BCUT2D eigenvalue weighted by atomic mass is 9.90. The van der Waals surface area contributed by atoms with E-state index in [1.54, 1.807) is 0 Å². The number of fused-ring (bicyclic) bond motifs is 6. The Kier molecular flexibility index (Phi) is 8.45. The molecule has 60 heavy (non-hydrogen) atoms. The minimum Gasteiger partial charge on any atom is -0.228 e. The molecule has 11 rings (SSSR count). The molecular formula is C56H44N2Si2. The molecule has 1 aromatic heterocycles. The van der Waals surface area contributed by atoms with Gasteiger partial charge in [0.15, 0.2) is 5.82 Å². The maximum absolute atomic E-state index is 5.42. The Bertz CT molecular complexity index is 3130. The fourth-order valence-corrected chi connectivity index (χ4v) is 16.0. The van der Waals surface area contributed by atoms with Crippen molar-refractivity contribution in [3.63, 3.8) is 0 Å². The molecule has 8 aromatic carbocycles. The predicted molar refractivity (Wildman–Crippen MR) is 259 cm³/mol. The van der Waals surface area contributed by atoms with Crippen molar-refractivity contribution in [2.75, 3.05) is 0 Å². The fraction of sp³-hybridized carbons (Fsp3) is 0.0714. The molecule has 0 atom stereocenters. The standard InChI is InChI=1S/C56H44N2Si2/c1-59(2)52-21-13-11-19-45(52)48-34-42(28-31-54(48)59)41-27-30-44(43-29-32-55-49(35-43)46-20-12-14-22-53(46)60(55,3)4)47(33-41)51-36-50(57-56(58-51)40-17-9-6-10-18-40)39-25-23-38(24-26-39)37-15-7-5-8-16-37/h5-36H,1-4H3. The highest BCUT2D eigenvalue weighted by molar-refractivity contribution is 7.04. The second-order valence-corrected chi connectivity index (χ2v) is 26.0. The van der Waals surface area contributed by atoms with E-state index in [0.29, 0.717) is 5.82 Å². The molecule has 2 aliphatic heterocycles. The molecule has 0 amide bonds. The van der Waals surface area contributed by atoms with Crippen molar-refractivity contribution >= 4 is 36.9 Å². The van der Waals surface area contributed by atoms with E-state index in [1.807, 2.05) is 6.07 Å². The third-order valence-electron chi connectivity index (χ3n) is 13.2. The van der Waals surface area contributed by atoms with Gasteiger partial charge in [0.05, 0.1) is 11.4 Å². The number of benzene rings is 8. The molecule has 0 unspecified atom stereocenters. The first-order valence-electron chi connectivity index (χ1n) is 21.0. The molecule has 0 fully saturated rings. The number of nitrogens with zero attached hydrogens (tertiary/aromatic N) is 2. The largest absolute Gasteiger partial charge is 0.228 e. The van der Waals surface area contributed by atoms with Crippen LogP contribution < -0.4 is 20.7 Å². The second kappa shape index (κ2) is 13.9. The zero-order valence-electron chi connectivity index (χ0n) is 34.4. The van der Waals surface area contributed by atoms with Gasteiger partial charge >= 0.3 is 0 Å². The zero-order chi connectivity index (χ0) is 40.6.